The topological polar surface area (TPSA) is 24.9 Å². The Morgan fingerprint density at radius 1 is 1.25 bits per heavy atom. The Labute approximate surface area is 145 Å². The number of hydrogen-bond donors (Lipinski definition) is 0. The van der Waals surface area contributed by atoms with Crippen molar-refractivity contribution in [1.82, 2.24) is 9.80 Å². The van der Waals surface area contributed by atoms with Crippen molar-refractivity contribution in [2.45, 2.75) is 45.3 Å². The minimum absolute atomic E-state index is 0.264. The average Bonchev–Trinajstić information content (AvgIpc) is 3.02. The fourth-order valence-corrected chi connectivity index (χ4v) is 3.86. The van der Waals surface area contributed by atoms with Crippen LogP contribution in [0, 0.1) is 12.3 Å². The number of nitrogens with zero attached hydrogens (tertiary/aromatic N) is 2. The van der Waals surface area contributed by atoms with Gasteiger partial charge >= 0.3 is 0 Å². The molecule has 2 saturated heterocycles. The van der Waals surface area contributed by atoms with Crippen molar-refractivity contribution in [2.24, 2.45) is 0 Å². The summed E-state index contributed by atoms with van der Waals surface area (Å²) in [6.07, 6.45) is 7.97. The zero-order valence-electron chi connectivity index (χ0n) is 14.8. The van der Waals surface area contributed by atoms with E-state index in [9.17, 15) is 0 Å². The van der Waals surface area contributed by atoms with E-state index < -0.39 is 0 Å². The van der Waals surface area contributed by atoms with Crippen LogP contribution in [0.2, 0.25) is 0 Å². The monoisotopic (exact) mass is 328 g/mol. The van der Waals surface area contributed by atoms with Crippen molar-refractivity contribution in [3.8, 4) is 23.8 Å². The highest BCUT2D eigenvalue weighted by Gasteiger charge is 2.34. The summed E-state index contributed by atoms with van der Waals surface area (Å²) in [5.74, 6) is 4.02. The molecular weight excluding hydrogens is 300 g/mol. The molecule has 2 atom stereocenters. The van der Waals surface area contributed by atoms with Gasteiger partial charge in [-0.2, -0.15) is 0 Å². The summed E-state index contributed by atoms with van der Waals surface area (Å²) in [6.45, 7) is 9.79. The first-order valence-corrected chi connectivity index (χ1v) is 9.01. The van der Waals surface area contributed by atoms with Crippen molar-refractivity contribution in [2.75, 3.05) is 32.8 Å². The third kappa shape index (κ3) is 3.85. The van der Waals surface area contributed by atoms with Crippen molar-refractivity contribution in [1.29, 1.82) is 0 Å². The Morgan fingerprint density at radius 2 is 2.12 bits per heavy atom. The van der Waals surface area contributed by atoms with E-state index in [0.717, 1.165) is 24.1 Å². The molecule has 4 nitrogen and oxygen atoms in total. The highest BCUT2D eigenvalue weighted by Crippen LogP contribution is 2.30. The summed E-state index contributed by atoms with van der Waals surface area (Å²) in [7, 11) is 0. The Kier molecular flexibility index (Phi) is 5.65. The molecule has 0 unspecified atom stereocenters. The van der Waals surface area contributed by atoms with Gasteiger partial charge in [0.25, 0.3) is 0 Å². The van der Waals surface area contributed by atoms with Gasteiger partial charge in [0, 0.05) is 31.7 Å². The zero-order chi connectivity index (χ0) is 16.9. The van der Waals surface area contributed by atoms with Gasteiger partial charge in [0.1, 0.15) is 6.61 Å². The molecule has 0 saturated carbocycles. The van der Waals surface area contributed by atoms with E-state index in [0.29, 0.717) is 12.6 Å². The van der Waals surface area contributed by atoms with Crippen LogP contribution in [0.3, 0.4) is 0 Å². The molecule has 0 spiro atoms. The Hall–Kier alpha value is -1.70. The molecule has 2 aliphatic heterocycles. The molecule has 2 heterocycles. The summed E-state index contributed by atoms with van der Waals surface area (Å²) >= 11 is 0. The van der Waals surface area contributed by atoms with E-state index in [-0.39, 0.29) is 6.61 Å². The highest BCUT2D eigenvalue weighted by atomic mass is 16.5. The molecule has 24 heavy (non-hydrogen) atoms. The summed E-state index contributed by atoms with van der Waals surface area (Å²) in [5, 5.41) is 0. The lowest BCUT2D eigenvalue weighted by Crippen LogP contribution is -2.54. The van der Waals surface area contributed by atoms with E-state index in [1.165, 1.54) is 38.0 Å². The predicted molar refractivity (Wildman–Crippen MR) is 96.4 cm³/mol. The van der Waals surface area contributed by atoms with Crippen LogP contribution in [0.25, 0.3) is 0 Å². The normalized spacial score (nSPS) is 24.4. The molecule has 3 rings (SSSR count). The Balaban J connectivity index is 1.70. The van der Waals surface area contributed by atoms with Crippen LogP contribution in [0.15, 0.2) is 18.2 Å². The van der Waals surface area contributed by atoms with E-state index in [4.69, 9.17) is 15.9 Å². The lowest BCUT2D eigenvalue weighted by molar-refractivity contribution is 0.0540. The van der Waals surface area contributed by atoms with E-state index in [1.54, 1.807) is 0 Å². The van der Waals surface area contributed by atoms with Gasteiger partial charge in [-0.25, -0.2) is 0 Å². The summed E-state index contributed by atoms with van der Waals surface area (Å²) < 4.78 is 11.3. The number of benzene rings is 1. The molecule has 0 bridgehead atoms. The zero-order valence-corrected chi connectivity index (χ0v) is 14.8. The van der Waals surface area contributed by atoms with E-state index >= 15 is 0 Å². The predicted octanol–water partition coefficient (Wildman–Crippen LogP) is 2.77. The Bertz CT molecular complexity index is 596. The first kappa shape index (κ1) is 17.1. The molecule has 1 aromatic carbocycles. The number of rotatable bonds is 6. The number of terminal acetylenes is 1. The maximum absolute atomic E-state index is 5.74. The van der Waals surface area contributed by atoms with Crippen molar-refractivity contribution < 1.29 is 9.47 Å². The summed E-state index contributed by atoms with van der Waals surface area (Å²) in [6, 6.07) is 7.54. The lowest BCUT2D eigenvalue weighted by atomic mass is 10.1. The second-order valence-electron chi connectivity index (χ2n) is 6.78. The quantitative estimate of drug-likeness (QED) is 0.750. The van der Waals surface area contributed by atoms with Gasteiger partial charge in [0.15, 0.2) is 11.5 Å². The van der Waals surface area contributed by atoms with Crippen molar-refractivity contribution >= 4 is 0 Å². The van der Waals surface area contributed by atoms with Gasteiger partial charge in [-0.05, 0) is 50.9 Å². The smallest absolute Gasteiger partial charge is 0.162 e. The molecule has 0 N–H and O–H groups in total. The van der Waals surface area contributed by atoms with E-state index in [1.807, 2.05) is 13.0 Å². The van der Waals surface area contributed by atoms with Crippen LogP contribution in [-0.2, 0) is 6.54 Å². The molecular formula is C20H28N2O2. The molecule has 2 fully saturated rings. The second kappa shape index (κ2) is 7.92. The third-order valence-corrected chi connectivity index (χ3v) is 5.07. The van der Waals surface area contributed by atoms with Crippen LogP contribution >= 0.6 is 0 Å². The molecule has 0 amide bonds. The SMILES string of the molecule is C#CCOc1ccc(CN2C[C@@H]3CCCN3C[C@H]2C)cc1OCC. The van der Waals surface area contributed by atoms with Crippen LogP contribution in [0.5, 0.6) is 11.5 Å². The average molecular weight is 328 g/mol. The Morgan fingerprint density at radius 3 is 2.92 bits per heavy atom. The largest absolute Gasteiger partial charge is 0.490 e. The minimum atomic E-state index is 0.264. The lowest BCUT2D eigenvalue weighted by Gasteiger charge is -2.42. The van der Waals surface area contributed by atoms with Gasteiger partial charge in [0.2, 0.25) is 0 Å². The number of ether oxygens (including phenoxy) is 2. The standard InChI is InChI=1S/C20H28N2O2/c1-4-11-24-19-9-8-17(12-20(19)23-5-2)14-22-15-18-7-6-10-21(18)13-16(22)3/h1,8-9,12,16,18H,5-7,10-11,13-15H2,2-3H3/t16-,18+/m1/s1. The molecule has 0 aliphatic carbocycles. The number of piperazine rings is 1. The van der Waals surface area contributed by atoms with Gasteiger partial charge in [-0.1, -0.05) is 12.0 Å². The molecule has 2 aliphatic rings. The maximum Gasteiger partial charge on any atom is 0.162 e. The van der Waals surface area contributed by atoms with Gasteiger partial charge in [0.05, 0.1) is 6.61 Å². The minimum Gasteiger partial charge on any atom is -0.490 e. The third-order valence-electron chi connectivity index (χ3n) is 5.07. The number of fused-ring (bicyclic) bond motifs is 1. The summed E-state index contributed by atoms with van der Waals surface area (Å²) in [4.78, 5) is 5.25. The first-order valence-electron chi connectivity index (χ1n) is 9.01. The highest BCUT2D eigenvalue weighted by molar-refractivity contribution is 5.43. The molecule has 130 valence electrons. The van der Waals surface area contributed by atoms with Crippen molar-refractivity contribution in [3.05, 3.63) is 23.8 Å². The fourth-order valence-electron chi connectivity index (χ4n) is 3.86. The molecule has 0 radical (unpaired) electrons. The van der Waals surface area contributed by atoms with E-state index in [2.05, 4.69) is 34.8 Å². The summed E-state index contributed by atoms with van der Waals surface area (Å²) in [5.41, 5.74) is 1.27. The molecule has 0 aromatic heterocycles. The maximum atomic E-state index is 5.74. The fraction of sp³-hybridized carbons (Fsp3) is 0.600. The first-order chi connectivity index (χ1) is 11.7. The van der Waals surface area contributed by atoms with Crippen LogP contribution < -0.4 is 9.47 Å². The van der Waals surface area contributed by atoms with Gasteiger partial charge < -0.3 is 9.47 Å². The molecule has 1 aromatic rings. The van der Waals surface area contributed by atoms with Crippen LogP contribution in [0.4, 0.5) is 0 Å². The van der Waals surface area contributed by atoms with Crippen LogP contribution in [-0.4, -0.2) is 54.7 Å². The number of hydrogen-bond acceptors (Lipinski definition) is 4. The second-order valence-corrected chi connectivity index (χ2v) is 6.78. The molecule has 4 heteroatoms. The van der Waals surface area contributed by atoms with Gasteiger partial charge in [-0.15, -0.1) is 6.42 Å². The van der Waals surface area contributed by atoms with Crippen molar-refractivity contribution in [3.63, 3.8) is 0 Å². The van der Waals surface area contributed by atoms with Gasteiger partial charge in [-0.3, -0.25) is 9.80 Å². The van der Waals surface area contributed by atoms with Crippen LogP contribution in [0.1, 0.15) is 32.3 Å².